The molecule has 0 atom stereocenters. The van der Waals surface area contributed by atoms with Gasteiger partial charge in [-0.2, -0.15) is 0 Å². The summed E-state index contributed by atoms with van der Waals surface area (Å²) in [6.07, 6.45) is 0. The van der Waals surface area contributed by atoms with E-state index in [-0.39, 0.29) is 4.90 Å². The Morgan fingerprint density at radius 3 is 2.44 bits per heavy atom. The van der Waals surface area contributed by atoms with Crippen molar-refractivity contribution in [2.75, 3.05) is 26.5 Å². The molecule has 0 aliphatic carbocycles. The zero-order valence-corrected chi connectivity index (χ0v) is 17.1. The fourth-order valence-electron chi connectivity index (χ4n) is 2.33. The number of thiazole rings is 1. The number of benzene rings is 2. The smallest absolute Gasteiger partial charge is 0.257 e. The number of fused-ring (bicyclic) bond motifs is 1. The lowest BCUT2D eigenvalue weighted by Crippen LogP contribution is -2.22. The van der Waals surface area contributed by atoms with E-state index >= 15 is 0 Å². The minimum atomic E-state index is -3.55. The third kappa shape index (κ3) is 3.77. The molecule has 3 aromatic rings. The molecule has 2 aromatic carbocycles. The number of aromatic nitrogens is 1. The molecule has 1 heterocycles. The Hall–Kier alpha value is -2.20. The van der Waals surface area contributed by atoms with E-state index in [4.69, 9.17) is 16.3 Å². The van der Waals surface area contributed by atoms with E-state index in [2.05, 4.69) is 10.3 Å². The Kier molecular flexibility index (Phi) is 5.38. The van der Waals surface area contributed by atoms with Crippen LogP contribution in [0.3, 0.4) is 0 Å². The lowest BCUT2D eigenvalue weighted by molar-refractivity contribution is 0.102. The molecule has 0 radical (unpaired) electrons. The van der Waals surface area contributed by atoms with E-state index in [1.807, 2.05) is 0 Å². The third-order valence-electron chi connectivity index (χ3n) is 3.79. The number of anilines is 1. The van der Waals surface area contributed by atoms with Gasteiger partial charge in [0.15, 0.2) is 5.13 Å². The highest BCUT2D eigenvalue weighted by Gasteiger charge is 2.18. The maximum Gasteiger partial charge on any atom is 0.257 e. The van der Waals surface area contributed by atoms with Crippen molar-refractivity contribution in [2.24, 2.45) is 0 Å². The standard InChI is InChI=1S/C17H16ClN3O4S2/c1-21(2)27(23,24)11-6-4-10(5-7-11)16(22)20-17-19-14-13(25-3)9-8-12(18)15(14)26-17/h4-9H,1-3H3,(H,19,20,22). The summed E-state index contributed by atoms with van der Waals surface area (Å²) in [5.41, 5.74) is 0.878. The van der Waals surface area contributed by atoms with E-state index in [1.54, 1.807) is 12.1 Å². The first-order valence-electron chi connectivity index (χ1n) is 7.71. The second-order valence-corrected chi connectivity index (χ2v) is 9.27. The Labute approximate surface area is 165 Å². The zero-order chi connectivity index (χ0) is 19.8. The molecule has 0 fully saturated rings. The first kappa shape index (κ1) is 19.6. The van der Waals surface area contributed by atoms with Crippen molar-refractivity contribution in [1.29, 1.82) is 0 Å². The molecule has 0 saturated heterocycles. The van der Waals surface area contributed by atoms with Gasteiger partial charge in [0.1, 0.15) is 11.3 Å². The van der Waals surface area contributed by atoms with Crippen molar-refractivity contribution in [2.45, 2.75) is 4.90 Å². The number of nitrogens with zero attached hydrogens (tertiary/aromatic N) is 2. The summed E-state index contributed by atoms with van der Waals surface area (Å²) in [4.78, 5) is 16.9. The second-order valence-electron chi connectivity index (χ2n) is 5.71. The summed E-state index contributed by atoms with van der Waals surface area (Å²) in [7, 11) is 0.880. The van der Waals surface area contributed by atoms with Crippen molar-refractivity contribution in [3.05, 3.63) is 47.0 Å². The van der Waals surface area contributed by atoms with Crippen molar-refractivity contribution < 1.29 is 17.9 Å². The van der Waals surface area contributed by atoms with Crippen LogP contribution in [0.2, 0.25) is 5.02 Å². The number of methoxy groups -OCH3 is 1. The number of nitrogens with one attached hydrogen (secondary N) is 1. The Bertz CT molecular complexity index is 1110. The quantitative estimate of drug-likeness (QED) is 0.676. The first-order chi connectivity index (χ1) is 12.7. The van der Waals surface area contributed by atoms with Gasteiger partial charge in [-0.1, -0.05) is 22.9 Å². The number of halogens is 1. The highest BCUT2D eigenvalue weighted by molar-refractivity contribution is 7.89. The molecule has 0 unspecified atom stereocenters. The first-order valence-corrected chi connectivity index (χ1v) is 10.3. The van der Waals surface area contributed by atoms with Crippen molar-refractivity contribution in [3.63, 3.8) is 0 Å². The van der Waals surface area contributed by atoms with Crippen LogP contribution in [0.5, 0.6) is 5.75 Å². The summed E-state index contributed by atoms with van der Waals surface area (Å²) in [5, 5.41) is 3.58. The number of ether oxygens (including phenoxy) is 1. The highest BCUT2D eigenvalue weighted by atomic mass is 35.5. The van der Waals surface area contributed by atoms with Crippen molar-refractivity contribution >= 4 is 54.2 Å². The van der Waals surface area contributed by atoms with Gasteiger partial charge in [-0.05, 0) is 36.4 Å². The predicted octanol–water partition coefficient (Wildman–Crippen LogP) is 3.46. The van der Waals surface area contributed by atoms with E-state index in [1.165, 1.54) is 56.8 Å². The molecule has 10 heteroatoms. The maximum absolute atomic E-state index is 12.5. The normalized spacial score (nSPS) is 11.7. The highest BCUT2D eigenvalue weighted by Crippen LogP contribution is 2.37. The molecule has 0 spiro atoms. The molecule has 1 N–H and O–H groups in total. The second kappa shape index (κ2) is 7.43. The predicted molar refractivity (Wildman–Crippen MR) is 106 cm³/mol. The molecule has 0 saturated carbocycles. The SMILES string of the molecule is COc1ccc(Cl)c2sc(NC(=O)c3ccc(S(=O)(=O)N(C)C)cc3)nc12. The maximum atomic E-state index is 12.5. The monoisotopic (exact) mass is 425 g/mol. The number of hydrogen-bond acceptors (Lipinski definition) is 6. The topological polar surface area (TPSA) is 88.6 Å². The fraction of sp³-hybridized carbons (Fsp3) is 0.176. The molecule has 1 aromatic heterocycles. The molecular formula is C17H16ClN3O4S2. The van der Waals surface area contributed by atoms with E-state index in [0.29, 0.717) is 31.7 Å². The van der Waals surface area contributed by atoms with E-state index in [0.717, 1.165) is 4.31 Å². The average Bonchev–Trinajstić information content (AvgIpc) is 3.06. The largest absolute Gasteiger partial charge is 0.494 e. The van der Waals surface area contributed by atoms with Crippen LogP contribution >= 0.6 is 22.9 Å². The van der Waals surface area contributed by atoms with E-state index < -0.39 is 15.9 Å². The average molecular weight is 426 g/mol. The zero-order valence-electron chi connectivity index (χ0n) is 14.7. The summed E-state index contributed by atoms with van der Waals surface area (Å²) < 4.78 is 31.3. The molecule has 0 aliphatic rings. The fourth-order valence-corrected chi connectivity index (χ4v) is 4.38. The summed E-state index contributed by atoms with van der Waals surface area (Å²) in [6, 6.07) is 9.10. The van der Waals surface area contributed by atoms with E-state index in [9.17, 15) is 13.2 Å². The number of hydrogen-bond donors (Lipinski definition) is 1. The lowest BCUT2D eigenvalue weighted by Gasteiger charge is -2.11. The van der Waals surface area contributed by atoms with Crippen molar-refractivity contribution in [3.8, 4) is 5.75 Å². The van der Waals surface area contributed by atoms with Gasteiger partial charge in [0.2, 0.25) is 10.0 Å². The van der Waals surface area contributed by atoms with Crippen LogP contribution in [0, 0.1) is 0 Å². The molecule has 1 amide bonds. The van der Waals surface area contributed by atoms with Gasteiger partial charge in [0.05, 0.1) is 21.7 Å². The number of amides is 1. The lowest BCUT2D eigenvalue weighted by atomic mass is 10.2. The van der Waals surface area contributed by atoms with Gasteiger partial charge in [-0.15, -0.1) is 0 Å². The number of rotatable bonds is 5. The number of sulfonamides is 1. The van der Waals surface area contributed by atoms with Crippen LogP contribution in [0.15, 0.2) is 41.3 Å². The van der Waals surface area contributed by atoms with Crippen LogP contribution in [0.4, 0.5) is 5.13 Å². The molecule has 142 valence electrons. The minimum Gasteiger partial charge on any atom is -0.494 e. The molecule has 3 rings (SSSR count). The molecule has 0 aliphatic heterocycles. The Morgan fingerprint density at radius 2 is 1.85 bits per heavy atom. The van der Waals surface area contributed by atoms with Gasteiger partial charge in [0, 0.05) is 19.7 Å². The molecule has 0 bridgehead atoms. The minimum absolute atomic E-state index is 0.112. The van der Waals surface area contributed by atoms with Crippen LogP contribution in [-0.4, -0.2) is 44.8 Å². The third-order valence-corrected chi connectivity index (χ3v) is 7.05. The summed E-state index contributed by atoms with van der Waals surface area (Å²) in [5.74, 6) is 0.155. The molecular weight excluding hydrogens is 410 g/mol. The molecule has 7 nitrogen and oxygen atoms in total. The number of carbonyl (C=O) groups excluding carboxylic acids is 1. The van der Waals surface area contributed by atoms with Gasteiger partial charge < -0.3 is 4.74 Å². The Morgan fingerprint density at radius 1 is 1.19 bits per heavy atom. The van der Waals surface area contributed by atoms with Crippen LogP contribution < -0.4 is 10.1 Å². The molecule has 27 heavy (non-hydrogen) atoms. The number of carbonyl (C=O) groups is 1. The van der Waals surface area contributed by atoms with Crippen molar-refractivity contribution in [1.82, 2.24) is 9.29 Å². The van der Waals surface area contributed by atoms with Gasteiger partial charge in [-0.25, -0.2) is 17.7 Å². The van der Waals surface area contributed by atoms with Crippen LogP contribution in [-0.2, 0) is 10.0 Å². The van der Waals surface area contributed by atoms with Crippen LogP contribution in [0.25, 0.3) is 10.2 Å². The van der Waals surface area contributed by atoms with Gasteiger partial charge in [0.25, 0.3) is 5.91 Å². The van der Waals surface area contributed by atoms with Gasteiger partial charge in [-0.3, -0.25) is 10.1 Å². The summed E-state index contributed by atoms with van der Waals surface area (Å²) in [6.45, 7) is 0. The summed E-state index contributed by atoms with van der Waals surface area (Å²) >= 11 is 7.41. The van der Waals surface area contributed by atoms with Gasteiger partial charge >= 0.3 is 0 Å². The Balaban J connectivity index is 1.86. The van der Waals surface area contributed by atoms with Crippen LogP contribution in [0.1, 0.15) is 10.4 Å².